The standard InChI is InChI=1S/C19H23F3N4O4/c20-19(21,22)13-8-12(26-6-7-30-10-15(26)27)4-5-14(13)25-18(29)16(17(23)28)24-9-11-2-1-3-11/h4-5,8,11,16,24H,1-3,6-7,9-10H2,(H2,23,28)(H,25,29)/t16-/m0/s1. The van der Waals surface area contributed by atoms with Gasteiger partial charge in [0.05, 0.1) is 17.9 Å². The molecule has 1 saturated heterocycles. The van der Waals surface area contributed by atoms with Gasteiger partial charge in [0.2, 0.25) is 5.91 Å². The monoisotopic (exact) mass is 428 g/mol. The van der Waals surface area contributed by atoms with Gasteiger partial charge in [-0.1, -0.05) is 6.42 Å². The lowest BCUT2D eigenvalue weighted by molar-refractivity contribution is -0.137. The number of primary amides is 1. The Labute approximate surface area is 170 Å². The number of nitrogens with zero attached hydrogens (tertiary/aromatic N) is 1. The van der Waals surface area contributed by atoms with Gasteiger partial charge in [0, 0.05) is 12.2 Å². The van der Waals surface area contributed by atoms with Crippen LogP contribution in [0.4, 0.5) is 24.5 Å². The average molecular weight is 428 g/mol. The van der Waals surface area contributed by atoms with E-state index in [1.165, 1.54) is 11.0 Å². The first-order valence-corrected chi connectivity index (χ1v) is 9.59. The van der Waals surface area contributed by atoms with Gasteiger partial charge in [-0.2, -0.15) is 13.2 Å². The van der Waals surface area contributed by atoms with Crippen molar-refractivity contribution in [1.29, 1.82) is 0 Å². The van der Waals surface area contributed by atoms with Crippen LogP contribution in [0.5, 0.6) is 0 Å². The van der Waals surface area contributed by atoms with E-state index in [0.29, 0.717) is 12.5 Å². The largest absolute Gasteiger partial charge is 0.418 e. The summed E-state index contributed by atoms with van der Waals surface area (Å²) in [6.45, 7) is 0.493. The second-order valence-corrected chi connectivity index (χ2v) is 7.36. The number of ether oxygens (including phenoxy) is 1. The van der Waals surface area contributed by atoms with Crippen LogP contribution in [0.25, 0.3) is 0 Å². The maximum atomic E-state index is 13.6. The highest BCUT2D eigenvalue weighted by molar-refractivity contribution is 6.10. The lowest BCUT2D eigenvalue weighted by Gasteiger charge is -2.28. The fourth-order valence-corrected chi connectivity index (χ4v) is 3.34. The van der Waals surface area contributed by atoms with Crippen LogP contribution < -0.4 is 21.3 Å². The summed E-state index contributed by atoms with van der Waals surface area (Å²) in [5.41, 5.74) is 3.65. The molecule has 30 heavy (non-hydrogen) atoms. The number of nitrogens with one attached hydrogen (secondary N) is 2. The van der Waals surface area contributed by atoms with Crippen molar-refractivity contribution in [2.24, 2.45) is 11.7 Å². The number of hydrogen-bond donors (Lipinski definition) is 3. The fourth-order valence-electron chi connectivity index (χ4n) is 3.34. The molecule has 8 nitrogen and oxygen atoms in total. The van der Waals surface area contributed by atoms with Gasteiger partial charge in [-0.15, -0.1) is 0 Å². The van der Waals surface area contributed by atoms with Gasteiger partial charge >= 0.3 is 6.18 Å². The van der Waals surface area contributed by atoms with E-state index in [4.69, 9.17) is 10.5 Å². The zero-order valence-electron chi connectivity index (χ0n) is 16.1. The lowest BCUT2D eigenvalue weighted by atomic mass is 9.85. The maximum Gasteiger partial charge on any atom is 0.418 e. The summed E-state index contributed by atoms with van der Waals surface area (Å²) < 4.78 is 45.9. The number of nitrogens with two attached hydrogens (primary N) is 1. The van der Waals surface area contributed by atoms with Crippen molar-refractivity contribution in [2.75, 3.05) is 36.5 Å². The van der Waals surface area contributed by atoms with Crippen LogP contribution in [0.15, 0.2) is 18.2 Å². The van der Waals surface area contributed by atoms with E-state index >= 15 is 0 Å². The first kappa shape index (κ1) is 22.0. The van der Waals surface area contributed by atoms with Crippen LogP contribution in [0.3, 0.4) is 0 Å². The molecule has 1 aromatic carbocycles. The van der Waals surface area contributed by atoms with Crippen LogP contribution in [0.2, 0.25) is 0 Å². The summed E-state index contributed by atoms with van der Waals surface area (Å²) in [6, 6.07) is 1.70. The van der Waals surface area contributed by atoms with Crippen molar-refractivity contribution < 1.29 is 32.3 Å². The Kier molecular flexibility index (Phi) is 6.61. The molecule has 0 radical (unpaired) electrons. The van der Waals surface area contributed by atoms with E-state index in [9.17, 15) is 27.6 Å². The molecule has 1 aliphatic heterocycles. The highest BCUT2D eigenvalue weighted by Crippen LogP contribution is 2.37. The number of morpholine rings is 1. The lowest BCUT2D eigenvalue weighted by Crippen LogP contribution is -2.51. The first-order valence-electron chi connectivity index (χ1n) is 9.59. The predicted octanol–water partition coefficient (Wildman–Crippen LogP) is 1.25. The Balaban J connectivity index is 1.80. The summed E-state index contributed by atoms with van der Waals surface area (Å²) in [5.74, 6) is -2.09. The molecule has 1 atom stereocenters. The Morgan fingerprint density at radius 2 is 2.03 bits per heavy atom. The molecule has 0 aromatic heterocycles. The zero-order chi connectivity index (χ0) is 21.9. The molecule has 0 unspecified atom stereocenters. The molecule has 1 aromatic rings. The number of alkyl halides is 3. The number of halogens is 3. The quantitative estimate of drug-likeness (QED) is 0.566. The third-order valence-corrected chi connectivity index (χ3v) is 5.25. The van der Waals surface area contributed by atoms with Gasteiger partial charge in [0.1, 0.15) is 6.61 Å². The minimum absolute atomic E-state index is 0.0446. The molecule has 0 spiro atoms. The minimum Gasteiger partial charge on any atom is -0.370 e. The number of rotatable bonds is 7. The minimum atomic E-state index is -4.80. The third-order valence-electron chi connectivity index (χ3n) is 5.25. The molecule has 4 N–H and O–H groups in total. The van der Waals surface area contributed by atoms with E-state index in [0.717, 1.165) is 31.4 Å². The van der Waals surface area contributed by atoms with E-state index < -0.39 is 41.2 Å². The van der Waals surface area contributed by atoms with Gasteiger partial charge < -0.3 is 20.7 Å². The van der Waals surface area contributed by atoms with Crippen molar-refractivity contribution in [3.63, 3.8) is 0 Å². The second-order valence-electron chi connectivity index (χ2n) is 7.36. The molecule has 1 saturated carbocycles. The summed E-state index contributed by atoms with van der Waals surface area (Å²) in [7, 11) is 0. The predicted molar refractivity (Wildman–Crippen MR) is 102 cm³/mol. The van der Waals surface area contributed by atoms with E-state index in [2.05, 4.69) is 10.6 Å². The number of carbonyl (C=O) groups excluding carboxylic acids is 3. The summed E-state index contributed by atoms with van der Waals surface area (Å²) in [5, 5.41) is 4.88. The number of amides is 3. The van der Waals surface area contributed by atoms with Crippen LogP contribution in [0.1, 0.15) is 24.8 Å². The summed E-state index contributed by atoms with van der Waals surface area (Å²) in [6.07, 6.45) is -1.82. The van der Waals surface area contributed by atoms with Crippen molar-refractivity contribution in [1.82, 2.24) is 5.32 Å². The molecule has 3 amide bonds. The highest BCUT2D eigenvalue weighted by Gasteiger charge is 2.36. The van der Waals surface area contributed by atoms with Crippen LogP contribution in [-0.2, 0) is 25.3 Å². The van der Waals surface area contributed by atoms with Crippen molar-refractivity contribution in [3.05, 3.63) is 23.8 Å². The molecular formula is C19H23F3N4O4. The van der Waals surface area contributed by atoms with Crippen molar-refractivity contribution in [3.8, 4) is 0 Å². The van der Waals surface area contributed by atoms with Crippen molar-refractivity contribution >= 4 is 29.1 Å². The van der Waals surface area contributed by atoms with Gasteiger partial charge in [-0.25, -0.2) is 0 Å². The number of anilines is 2. The Morgan fingerprint density at radius 1 is 1.30 bits per heavy atom. The van der Waals surface area contributed by atoms with Crippen molar-refractivity contribution in [2.45, 2.75) is 31.5 Å². The number of hydrogen-bond acceptors (Lipinski definition) is 5. The van der Waals surface area contributed by atoms with Gasteiger partial charge in [0.25, 0.3) is 11.8 Å². The normalized spacial score (nSPS) is 18.6. The second kappa shape index (κ2) is 9.00. The molecular weight excluding hydrogens is 405 g/mol. The zero-order valence-corrected chi connectivity index (χ0v) is 16.1. The van der Waals surface area contributed by atoms with E-state index in [-0.39, 0.29) is 25.4 Å². The summed E-state index contributed by atoms with van der Waals surface area (Å²) in [4.78, 5) is 37.2. The van der Waals surface area contributed by atoms with Gasteiger partial charge in [0.15, 0.2) is 6.04 Å². The Hall–Kier alpha value is -2.66. The number of benzene rings is 1. The van der Waals surface area contributed by atoms with Crippen LogP contribution >= 0.6 is 0 Å². The molecule has 11 heteroatoms. The molecule has 1 aliphatic carbocycles. The molecule has 0 bridgehead atoms. The fraction of sp³-hybridized carbons (Fsp3) is 0.526. The number of carbonyl (C=O) groups is 3. The molecule has 164 valence electrons. The van der Waals surface area contributed by atoms with E-state index in [1.54, 1.807) is 0 Å². The Bertz CT molecular complexity index is 826. The van der Waals surface area contributed by atoms with E-state index in [1.807, 2.05) is 0 Å². The molecule has 2 aliphatic rings. The van der Waals surface area contributed by atoms with Crippen LogP contribution in [0, 0.1) is 5.92 Å². The van der Waals surface area contributed by atoms with Gasteiger partial charge in [-0.3, -0.25) is 19.7 Å². The summed E-state index contributed by atoms with van der Waals surface area (Å²) >= 11 is 0. The molecule has 2 fully saturated rings. The smallest absolute Gasteiger partial charge is 0.370 e. The average Bonchev–Trinajstić information content (AvgIpc) is 2.63. The van der Waals surface area contributed by atoms with Crippen LogP contribution in [-0.4, -0.2) is 50.1 Å². The Morgan fingerprint density at radius 3 is 2.60 bits per heavy atom. The molecule has 1 heterocycles. The third kappa shape index (κ3) is 5.08. The highest BCUT2D eigenvalue weighted by atomic mass is 19.4. The molecule has 3 rings (SSSR count). The topological polar surface area (TPSA) is 114 Å². The first-order chi connectivity index (χ1) is 14.2. The SMILES string of the molecule is NC(=O)[C@H](NCC1CCC1)C(=O)Nc1ccc(N2CCOCC2=O)cc1C(F)(F)F. The maximum absolute atomic E-state index is 13.6. The van der Waals surface area contributed by atoms with Gasteiger partial charge in [-0.05, 0) is 43.5 Å².